The molecule has 5 heteroatoms. The zero-order valence-electron chi connectivity index (χ0n) is 15.3. The second-order valence-electron chi connectivity index (χ2n) is 6.51. The van der Waals surface area contributed by atoms with Crippen molar-refractivity contribution in [2.24, 2.45) is 13.0 Å². The fourth-order valence-electron chi connectivity index (χ4n) is 2.58. The SMILES string of the molecule is CC(C)C(=O)OCCCCCCSc1cc(=O)n(C)c2ccccc12. The van der Waals surface area contributed by atoms with Gasteiger partial charge in [-0.3, -0.25) is 9.59 Å². The number of carbonyl (C=O) groups excluding carboxylic acids is 1. The molecule has 1 aromatic carbocycles. The standard InChI is InChI=1S/C20H27NO3S/c1-15(2)20(23)24-12-8-4-5-9-13-25-18-14-19(22)21(3)17-11-7-6-10-16(17)18/h6-7,10-11,14-15H,4-5,8-9,12-13H2,1-3H3. The van der Waals surface area contributed by atoms with E-state index in [1.54, 1.807) is 22.4 Å². The predicted molar refractivity (Wildman–Crippen MR) is 104 cm³/mol. The third-order valence-electron chi connectivity index (χ3n) is 4.13. The second kappa shape index (κ2) is 9.66. The average molecular weight is 362 g/mol. The van der Waals surface area contributed by atoms with Crippen LogP contribution in [0.2, 0.25) is 0 Å². The molecule has 0 spiro atoms. The summed E-state index contributed by atoms with van der Waals surface area (Å²) in [5, 5.41) is 1.13. The maximum absolute atomic E-state index is 12.1. The Balaban J connectivity index is 1.74. The first-order chi connectivity index (χ1) is 12.0. The van der Waals surface area contributed by atoms with Crippen LogP contribution >= 0.6 is 11.8 Å². The molecule has 0 aliphatic carbocycles. The fourth-order valence-corrected chi connectivity index (χ4v) is 3.66. The minimum atomic E-state index is -0.118. The molecule has 0 saturated heterocycles. The molecule has 2 aromatic rings. The monoisotopic (exact) mass is 361 g/mol. The molecular formula is C20H27NO3S. The van der Waals surface area contributed by atoms with Gasteiger partial charge in [0, 0.05) is 23.4 Å². The maximum atomic E-state index is 12.1. The van der Waals surface area contributed by atoms with Gasteiger partial charge in [-0.15, -0.1) is 11.8 Å². The van der Waals surface area contributed by atoms with Crippen molar-refractivity contribution in [1.29, 1.82) is 0 Å². The molecule has 2 rings (SSSR count). The van der Waals surface area contributed by atoms with Gasteiger partial charge in [-0.25, -0.2) is 0 Å². The van der Waals surface area contributed by atoms with Crippen LogP contribution in [0.3, 0.4) is 0 Å². The molecule has 0 radical (unpaired) electrons. The van der Waals surface area contributed by atoms with Crippen molar-refractivity contribution in [3.8, 4) is 0 Å². The zero-order valence-corrected chi connectivity index (χ0v) is 16.1. The molecule has 1 aromatic heterocycles. The summed E-state index contributed by atoms with van der Waals surface area (Å²) in [5.41, 5.74) is 1.01. The van der Waals surface area contributed by atoms with Crippen molar-refractivity contribution in [2.45, 2.75) is 44.4 Å². The smallest absolute Gasteiger partial charge is 0.308 e. The third-order valence-corrected chi connectivity index (χ3v) is 5.27. The molecule has 136 valence electrons. The highest BCUT2D eigenvalue weighted by molar-refractivity contribution is 7.99. The van der Waals surface area contributed by atoms with E-state index in [0.29, 0.717) is 6.61 Å². The Hall–Kier alpha value is -1.75. The quantitative estimate of drug-likeness (QED) is 0.377. The summed E-state index contributed by atoms with van der Waals surface area (Å²) in [5.74, 6) is 0.820. The Morgan fingerprint density at radius 3 is 2.64 bits per heavy atom. The Morgan fingerprint density at radius 1 is 1.16 bits per heavy atom. The van der Waals surface area contributed by atoms with E-state index in [0.717, 1.165) is 47.2 Å². The van der Waals surface area contributed by atoms with E-state index in [1.165, 1.54) is 0 Å². The van der Waals surface area contributed by atoms with Crippen LogP contribution in [0.15, 0.2) is 40.0 Å². The van der Waals surface area contributed by atoms with Gasteiger partial charge in [0.1, 0.15) is 0 Å². The number of ether oxygens (including phenoxy) is 1. The second-order valence-corrected chi connectivity index (χ2v) is 7.64. The largest absolute Gasteiger partial charge is 0.465 e. The number of aromatic nitrogens is 1. The average Bonchev–Trinajstić information content (AvgIpc) is 2.61. The van der Waals surface area contributed by atoms with Gasteiger partial charge >= 0.3 is 5.97 Å². The summed E-state index contributed by atoms with van der Waals surface area (Å²) in [7, 11) is 1.81. The molecule has 0 fully saturated rings. The Bertz CT molecular complexity index is 767. The number of aryl methyl sites for hydroxylation is 1. The first kappa shape index (κ1) is 19.6. The Labute approximate surface area is 153 Å². The molecule has 0 N–H and O–H groups in total. The lowest BCUT2D eigenvalue weighted by Gasteiger charge is -2.10. The Morgan fingerprint density at radius 2 is 1.88 bits per heavy atom. The predicted octanol–water partition coefficient (Wildman–Crippen LogP) is 4.39. The lowest BCUT2D eigenvalue weighted by atomic mass is 10.2. The molecule has 0 saturated carbocycles. The number of carbonyl (C=O) groups is 1. The van der Waals surface area contributed by atoms with Crippen LogP contribution < -0.4 is 5.56 Å². The van der Waals surface area contributed by atoms with Crippen molar-refractivity contribution < 1.29 is 9.53 Å². The number of hydrogen-bond donors (Lipinski definition) is 0. The van der Waals surface area contributed by atoms with Gasteiger partial charge in [0.05, 0.1) is 18.0 Å². The summed E-state index contributed by atoms with van der Waals surface area (Å²) in [6.07, 6.45) is 4.17. The lowest BCUT2D eigenvalue weighted by Crippen LogP contribution is -2.16. The highest BCUT2D eigenvalue weighted by Gasteiger charge is 2.08. The first-order valence-electron chi connectivity index (χ1n) is 8.89. The molecule has 4 nitrogen and oxygen atoms in total. The van der Waals surface area contributed by atoms with E-state index < -0.39 is 0 Å². The van der Waals surface area contributed by atoms with Crippen LogP contribution in [-0.2, 0) is 16.6 Å². The zero-order chi connectivity index (χ0) is 18.2. The first-order valence-corrected chi connectivity index (χ1v) is 9.87. The fraction of sp³-hybridized carbons (Fsp3) is 0.500. The van der Waals surface area contributed by atoms with Gasteiger partial charge in [0.25, 0.3) is 5.56 Å². The molecule has 0 amide bonds. The van der Waals surface area contributed by atoms with Gasteiger partial charge in [0.2, 0.25) is 0 Å². The number of benzene rings is 1. The van der Waals surface area contributed by atoms with E-state index in [2.05, 4.69) is 6.07 Å². The lowest BCUT2D eigenvalue weighted by molar-refractivity contribution is -0.147. The van der Waals surface area contributed by atoms with Crippen molar-refractivity contribution in [2.75, 3.05) is 12.4 Å². The molecule has 0 unspecified atom stereocenters. The molecule has 25 heavy (non-hydrogen) atoms. The molecule has 0 atom stereocenters. The van der Waals surface area contributed by atoms with Gasteiger partial charge in [0.15, 0.2) is 0 Å². The normalized spacial score (nSPS) is 11.2. The van der Waals surface area contributed by atoms with E-state index in [1.807, 2.05) is 39.1 Å². The summed E-state index contributed by atoms with van der Waals surface area (Å²) >= 11 is 1.75. The van der Waals surface area contributed by atoms with E-state index in [-0.39, 0.29) is 17.4 Å². The van der Waals surface area contributed by atoms with Crippen LogP contribution in [0.1, 0.15) is 39.5 Å². The van der Waals surface area contributed by atoms with E-state index in [4.69, 9.17) is 4.74 Å². The molecule has 1 heterocycles. The third kappa shape index (κ3) is 5.63. The molecular weight excluding hydrogens is 334 g/mol. The number of nitrogens with zero attached hydrogens (tertiary/aromatic N) is 1. The summed E-state index contributed by atoms with van der Waals surface area (Å²) in [4.78, 5) is 24.5. The highest BCUT2D eigenvalue weighted by atomic mass is 32.2. The Kier molecular flexibility index (Phi) is 7.56. The van der Waals surface area contributed by atoms with Crippen molar-refractivity contribution >= 4 is 28.6 Å². The van der Waals surface area contributed by atoms with Crippen molar-refractivity contribution in [3.05, 3.63) is 40.7 Å². The minimum absolute atomic E-state index is 0.0353. The van der Waals surface area contributed by atoms with Gasteiger partial charge in [-0.1, -0.05) is 44.9 Å². The molecule has 0 bridgehead atoms. The van der Waals surface area contributed by atoms with Crippen LogP contribution in [0.4, 0.5) is 0 Å². The van der Waals surface area contributed by atoms with Crippen molar-refractivity contribution in [1.82, 2.24) is 4.57 Å². The molecule has 0 aliphatic heterocycles. The number of thioether (sulfide) groups is 1. The summed E-state index contributed by atoms with van der Waals surface area (Å²) < 4.78 is 6.86. The molecule has 0 aliphatic rings. The van der Waals surface area contributed by atoms with Gasteiger partial charge in [-0.05, 0) is 24.7 Å². The summed E-state index contributed by atoms with van der Waals surface area (Å²) in [6.45, 7) is 4.21. The number of rotatable bonds is 9. The van der Waals surface area contributed by atoms with Crippen LogP contribution in [0.5, 0.6) is 0 Å². The van der Waals surface area contributed by atoms with E-state index >= 15 is 0 Å². The number of unbranched alkanes of at least 4 members (excludes halogenated alkanes) is 3. The summed E-state index contributed by atoms with van der Waals surface area (Å²) in [6, 6.07) is 9.76. The van der Waals surface area contributed by atoms with Crippen molar-refractivity contribution in [3.63, 3.8) is 0 Å². The topological polar surface area (TPSA) is 48.3 Å². The number of hydrogen-bond acceptors (Lipinski definition) is 4. The van der Waals surface area contributed by atoms with Gasteiger partial charge in [-0.2, -0.15) is 0 Å². The number of fused-ring (bicyclic) bond motifs is 1. The highest BCUT2D eigenvalue weighted by Crippen LogP contribution is 2.27. The number of esters is 1. The van der Waals surface area contributed by atoms with Crippen LogP contribution in [0.25, 0.3) is 10.9 Å². The number of para-hydroxylation sites is 1. The number of pyridine rings is 1. The maximum Gasteiger partial charge on any atom is 0.308 e. The van der Waals surface area contributed by atoms with Crippen LogP contribution in [0, 0.1) is 5.92 Å². The van der Waals surface area contributed by atoms with E-state index in [9.17, 15) is 9.59 Å². The van der Waals surface area contributed by atoms with Gasteiger partial charge < -0.3 is 9.30 Å². The minimum Gasteiger partial charge on any atom is -0.465 e. The van der Waals surface area contributed by atoms with Crippen LogP contribution in [-0.4, -0.2) is 22.9 Å².